The summed E-state index contributed by atoms with van der Waals surface area (Å²) < 4.78 is 42.9. The van der Waals surface area contributed by atoms with Crippen LogP contribution in [0.3, 0.4) is 0 Å². The van der Waals surface area contributed by atoms with Crippen LogP contribution in [-0.4, -0.2) is 106 Å². The number of para-hydroxylation sites is 1. The molecule has 1 aliphatic carbocycles. The van der Waals surface area contributed by atoms with Gasteiger partial charge in [-0.25, -0.2) is 14.5 Å². The summed E-state index contributed by atoms with van der Waals surface area (Å²) in [5.74, 6) is -2.53. The van der Waals surface area contributed by atoms with E-state index in [0.717, 1.165) is 44.5 Å². The number of nitrogens with one attached hydrogen (secondary N) is 3. The van der Waals surface area contributed by atoms with E-state index in [1.54, 1.807) is 20.8 Å². The van der Waals surface area contributed by atoms with E-state index >= 15 is 0 Å². The SMILES string of the molecule is CC(C)n1c(O[C@@H]2C[C@H]3C(=O)N[C@]4(C(=O)NS(=O)(=O)N(C)C)C[C@H]4/C=C\CCCCC[C@H](NC(=O)OC(C)(C)C)C(=O)N3C2)nc2c(-c3nc(Cc4cccc(Cl)c4)cs3)cccc21. The molecule has 4 aromatic rings. The fourth-order valence-corrected chi connectivity index (χ4v) is 9.94. The van der Waals surface area contributed by atoms with Gasteiger partial charge in [-0.1, -0.05) is 54.8 Å². The summed E-state index contributed by atoms with van der Waals surface area (Å²) >= 11 is 7.76. The number of aromatic nitrogens is 3. The summed E-state index contributed by atoms with van der Waals surface area (Å²) in [6.45, 7) is 9.16. The Morgan fingerprint density at radius 3 is 2.58 bits per heavy atom. The van der Waals surface area contributed by atoms with Crippen LogP contribution in [0.1, 0.15) is 96.9 Å². The molecule has 3 N–H and O–H groups in total. The maximum Gasteiger partial charge on any atom is 0.408 e. The minimum Gasteiger partial charge on any atom is -0.459 e. The number of thiazole rings is 1. The quantitative estimate of drug-likeness (QED) is 0.147. The highest BCUT2D eigenvalue weighted by molar-refractivity contribution is 7.87. The van der Waals surface area contributed by atoms with Gasteiger partial charge in [-0.15, -0.1) is 11.3 Å². The number of carbonyl (C=O) groups is 4. The number of fused-ring (bicyclic) bond motifs is 3. The third kappa shape index (κ3) is 10.6. The van der Waals surface area contributed by atoms with Crippen LogP contribution in [0.15, 0.2) is 60.0 Å². The number of allylic oxidation sites excluding steroid dienone is 1. The minimum absolute atomic E-state index is 0.0123. The fourth-order valence-electron chi connectivity index (χ4n) is 8.28. The van der Waals surface area contributed by atoms with Crippen molar-refractivity contribution in [3.8, 4) is 16.6 Å². The maximum absolute atomic E-state index is 14.7. The van der Waals surface area contributed by atoms with Crippen molar-refractivity contribution in [3.05, 3.63) is 76.3 Å². The first-order chi connectivity index (χ1) is 30.2. The van der Waals surface area contributed by atoms with Crippen LogP contribution in [0.4, 0.5) is 4.79 Å². The average molecular weight is 938 g/mol. The summed E-state index contributed by atoms with van der Waals surface area (Å²) in [7, 11) is -1.60. The zero-order valence-corrected chi connectivity index (χ0v) is 39.6. The van der Waals surface area contributed by atoms with Gasteiger partial charge in [0.25, 0.3) is 11.9 Å². The smallest absolute Gasteiger partial charge is 0.408 e. The van der Waals surface area contributed by atoms with E-state index < -0.39 is 69.3 Å². The first kappa shape index (κ1) is 46.9. The number of carbonyl (C=O) groups excluding carboxylic acids is 4. The number of hydrogen-bond acceptors (Lipinski definition) is 11. The fraction of sp³-hybridized carbons (Fsp3) is 0.511. The second-order valence-electron chi connectivity index (χ2n) is 18.2. The Bertz CT molecular complexity index is 2550. The number of amides is 4. The van der Waals surface area contributed by atoms with Crippen molar-refractivity contribution in [3.63, 3.8) is 0 Å². The average Bonchev–Trinajstić information content (AvgIpc) is 3.52. The zero-order chi connectivity index (χ0) is 46.1. The van der Waals surface area contributed by atoms with Crippen molar-refractivity contribution in [1.29, 1.82) is 0 Å². The first-order valence-corrected chi connectivity index (χ1v) is 24.3. The van der Waals surface area contributed by atoms with E-state index in [2.05, 4.69) is 15.4 Å². The van der Waals surface area contributed by atoms with Crippen molar-refractivity contribution in [1.82, 2.24) is 39.1 Å². The molecule has 19 heteroatoms. The van der Waals surface area contributed by atoms with Gasteiger partial charge in [0.05, 0.1) is 17.8 Å². The van der Waals surface area contributed by atoms with Crippen LogP contribution in [-0.2, 0) is 35.8 Å². The van der Waals surface area contributed by atoms with E-state index in [1.165, 1.54) is 30.3 Å². The van der Waals surface area contributed by atoms with Gasteiger partial charge < -0.3 is 25.0 Å². The van der Waals surface area contributed by atoms with E-state index in [9.17, 15) is 27.6 Å². The molecule has 0 spiro atoms. The van der Waals surface area contributed by atoms with Gasteiger partial charge in [0.15, 0.2) is 0 Å². The van der Waals surface area contributed by atoms with Crippen molar-refractivity contribution >= 4 is 68.0 Å². The lowest BCUT2D eigenvalue weighted by Crippen LogP contribution is -2.58. The van der Waals surface area contributed by atoms with Gasteiger partial charge in [-0.05, 0) is 90.1 Å². The molecule has 0 unspecified atom stereocenters. The lowest BCUT2D eigenvalue weighted by Gasteiger charge is -2.30. The molecule has 1 saturated heterocycles. The summed E-state index contributed by atoms with van der Waals surface area (Å²) in [6.07, 6.45) is 6.11. The molecule has 64 heavy (non-hydrogen) atoms. The largest absolute Gasteiger partial charge is 0.459 e. The Labute approximate surface area is 383 Å². The van der Waals surface area contributed by atoms with Crippen molar-refractivity contribution in [2.45, 2.75) is 121 Å². The molecule has 7 rings (SSSR count). The van der Waals surface area contributed by atoms with Crippen LogP contribution in [0, 0.1) is 5.92 Å². The molecule has 2 fully saturated rings. The molecule has 4 amide bonds. The Hall–Kier alpha value is -5.04. The Balaban J connectivity index is 1.21. The molecule has 4 heterocycles. The Morgan fingerprint density at radius 1 is 1.09 bits per heavy atom. The van der Waals surface area contributed by atoms with Gasteiger partial charge in [0, 0.05) is 54.9 Å². The van der Waals surface area contributed by atoms with Crippen molar-refractivity contribution in [2.24, 2.45) is 5.92 Å². The summed E-state index contributed by atoms with van der Waals surface area (Å²) in [4.78, 5) is 67.7. The zero-order valence-electron chi connectivity index (χ0n) is 37.2. The summed E-state index contributed by atoms with van der Waals surface area (Å²) in [5.41, 5.74) is 1.83. The standard InChI is InChI=1S/C45H57ClN8O8S2/c1-27(2)54-35-20-14-18-33(39-47-31(26-63-39)22-28-15-13-17-30(46)21-28)37(35)49-42(54)61-32-23-36-38(55)50-45(41(57)51-64(59,60)52(6)7)24-29(45)16-11-9-8-10-12-19-34(40(56)53(36)25-32)48-43(58)62-44(3,4)5/h11,13-18,20-21,26-27,29,32,34,36H,8-10,12,19,22-25H2,1-7H3,(H,48,58)(H,50,55)(H,51,57)/b16-11-/t29-,32-,34+,36+,45-/m1/s1. The number of ether oxygens (including phenoxy) is 2. The predicted octanol–water partition coefficient (Wildman–Crippen LogP) is 6.54. The molecule has 1 saturated carbocycles. The lowest BCUT2D eigenvalue weighted by atomic mass is 10.0. The van der Waals surface area contributed by atoms with Crippen molar-refractivity contribution < 1.29 is 37.1 Å². The van der Waals surface area contributed by atoms with E-state index in [-0.39, 0.29) is 31.4 Å². The van der Waals surface area contributed by atoms with E-state index in [1.807, 2.05) is 78.4 Å². The molecule has 2 aromatic heterocycles. The number of halogens is 1. The number of nitrogens with zero attached hydrogens (tertiary/aromatic N) is 5. The molecule has 0 radical (unpaired) electrons. The van der Waals surface area contributed by atoms with Crippen LogP contribution >= 0.6 is 22.9 Å². The molecule has 5 atom stereocenters. The monoisotopic (exact) mass is 936 g/mol. The van der Waals surface area contributed by atoms with Gasteiger partial charge in [0.2, 0.25) is 11.8 Å². The Kier molecular flexibility index (Phi) is 13.8. The Morgan fingerprint density at radius 2 is 1.86 bits per heavy atom. The molecule has 16 nitrogen and oxygen atoms in total. The second kappa shape index (κ2) is 18.8. The van der Waals surface area contributed by atoms with Crippen LogP contribution < -0.4 is 20.1 Å². The molecule has 344 valence electrons. The van der Waals surface area contributed by atoms with E-state index in [4.69, 9.17) is 31.0 Å². The highest BCUT2D eigenvalue weighted by Gasteiger charge is 2.62. The number of imidazole rings is 1. The van der Waals surface area contributed by atoms with Crippen LogP contribution in [0.25, 0.3) is 21.6 Å². The second-order valence-corrected chi connectivity index (χ2v) is 21.4. The normalized spacial score (nSPS) is 23.8. The maximum atomic E-state index is 14.7. The molecule has 2 aromatic carbocycles. The minimum atomic E-state index is -4.20. The van der Waals surface area contributed by atoms with Gasteiger partial charge in [-0.3, -0.25) is 19.0 Å². The third-order valence-corrected chi connectivity index (χ3v) is 14.1. The molecular formula is C45H57ClN8O8S2. The van der Waals surface area contributed by atoms with Gasteiger partial charge in [0.1, 0.15) is 39.9 Å². The van der Waals surface area contributed by atoms with Crippen LogP contribution in [0.2, 0.25) is 5.02 Å². The number of rotatable bonds is 10. The molecular weight excluding hydrogens is 880 g/mol. The summed E-state index contributed by atoms with van der Waals surface area (Å²) in [5, 5.41) is 9.11. The van der Waals surface area contributed by atoms with Crippen LogP contribution in [0.5, 0.6) is 6.01 Å². The predicted molar refractivity (Wildman–Crippen MR) is 245 cm³/mol. The molecule has 3 aliphatic rings. The van der Waals surface area contributed by atoms with E-state index in [0.29, 0.717) is 36.2 Å². The molecule has 2 aliphatic heterocycles. The number of alkyl carbamates (subject to hydrolysis) is 1. The number of hydrogen-bond donors (Lipinski definition) is 3. The summed E-state index contributed by atoms with van der Waals surface area (Å²) in [6, 6.07) is 11.5. The third-order valence-electron chi connectivity index (χ3n) is 11.6. The highest BCUT2D eigenvalue weighted by Crippen LogP contribution is 2.46. The molecule has 0 bridgehead atoms. The number of benzene rings is 2. The lowest BCUT2D eigenvalue weighted by molar-refractivity contribution is -0.141. The van der Waals surface area contributed by atoms with Gasteiger partial charge >= 0.3 is 16.3 Å². The van der Waals surface area contributed by atoms with Crippen molar-refractivity contribution in [2.75, 3.05) is 20.6 Å². The first-order valence-electron chi connectivity index (χ1n) is 21.6. The topological polar surface area (TPSA) is 194 Å². The highest BCUT2D eigenvalue weighted by atomic mass is 35.5. The van der Waals surface area contributed by atoms with Gasteiger partial charge in [-0.2, -0.15) is 17.7 Å².